The predicted octanol–water partition coefficient (Wildman–Crippen LogP) is 13.9. The summed E-state index contributed by atoms with van der Waals surface area (Å²) in [5.74, 6) is 7.47. The van der Waals surface area contributed by atoms with Crippen molar-refractivity contribution in [2.75, 3.05) is 0 Å². The molecule has 0 aliphatic heterocycles. The Kier molecular flexibility index (Phi) is 10.5. The summed E-state index contributed by atoms with van der Waals surface area (Å²) in [6.45, 7) is 10.1. The highest BCUT2D eigenvalue weighted by molar-refractivity contribution is 6.25. The van der Waals surface area contributed by atoms with E-state index < -0.39 is 0 Å². The van der Waals surface area contributed by atoms with Crippen molar-refractivity contribution in [3.63, 3.8) is 0 Å². The van der Waals surface area contributed by atoms with Crippen LogP contribution >= 0.6 is 0 Å². The van der Waals surface area contributed by atoms with Crippen molar-refractivity contribution < 1.29 is 0 Å². The van der Waals surface area contributed by atoms with Crippen LogP contribution < -0.4 is 0 Å². The van der Waals surface area contributed by atoms with Gasteiger partial charge in [0.1, 0.15) is 0 Å². The Morgan fingerprint density at radius 3 is 1.96 bits per heavy atom. The summed E-state index contributed by atoms with van der Waals surface area (Å²) in [6.07, 6.45) is 9.76. The van der Waals surface area contributed by atoms with Crippen LogP contribution in [0.1, 0.15) is 78.8 Å². The van der Waals surface area contributed by atoms with Crippen LogP contribution in [0, 0.1) is 23.2 Å². The normalized spacial score (nSPS) is 14.6. The highest BCUT2D eigenvalue weighted by Crippen LogP contribution is 2.40. The maximum atomic E-state index is 10.2. The van der Waals surface area contributed by atoms with Crippen molar-refractivity contribution in [3.8, 4) is 29.0 Å². The van der Waals surface area contributed by atoms with Crippen LogP contribution in [0.5, 0.6) is 0 Å². The first-order valence-electron chi connectivity index (χ1n) is 18.5. The van der Waals surface area contributed by atoms with Crippen LogP contribution in [-0.2, 0) is 0 Å². The van der Waals surface area contributed by atoms with Crippen LogP contribution in [0.15, 0.2) is 164 Å². The Hall–Kier alpha value is -6.41. The van der Waals surface area contributed by atoms with Gasteiger partial charge < -0.3 is 0 Å². The molecule has 1 aliphatic rings. The summed E-state index contributed by atoms with van der Waals surface area (Å²) in [7, 11) is 0. The van der Waals surface area contributed by atoms with E-state index >= 15 is 0 Å². The van der Waals surface area contributed by atoms with Crippen LogP contribution in [0.2, 0.25) is 0 Å². The lowest BCUT2D eigenvalue weighted by atomic mass is 9.82. The molecule has 0 N–H and O–H groups in total. The molecule has 0 bridgehead atoms. The second-order valence-electron chi connectivity index (χ2n) is 13.8. The fraction of sp³-hybridized carbons (Fsp3) is 0.135. The number of nitrogens with zero attached hydrogens (tertiary/aromatic N) is 1. The van der Waals surface area contributed by atoms with Gasteiger partial charge in [0, 0.05) is 6.42 Å². The van der Waals surface area contributed by atoms with E-state index in [0.29, 0.717) is 17.9 Å². The average molecular weight is 682 g/mol. The molecule has 1 aliphatic carbocycles. The van der Waals surface area contributed by atoms with Gasteiger partial charge in [-0.05, 0) is 113 Å². The smallest absolute Gasteiger partial charge is 0.0992 e. The zero-order valence-corrected chi connectivity index (χ0v) is 30.7. The van der Waals surface area contributed by atoms with E-state index in [1.54, 1.807) is 6.08 Å². The highest BCUT2D eigenvalue weighted by atomic mass is 14.3. The third-order valence-corrected chi connectivity index (χ3v) is 10.1. The minimum Gasteiger partial charge on any atom is -0.192 e. The molecule has 53 heavy (non-hydrogen) atoms. The van der Waals surface area contributed by atoms with Crippen molar-refractivity contribution in [1.82, 2.24) is 0 Å². The van der Waals surface area contributed by atoms with Gasteiger partial charge >= 0.3 is 0 Å². The summed E-state index contributed by atoms with van der Waals surface area (Å²) < 4.78 is 0. The maximum Gasteiger partial charge on any atom is 0.0992 e. The molecule has 0 fully saturated rings. The van der Waals surface area contributed by atoms with Gasteiger partial charge in [-0.1, -0.05) is 173 Å². The molecule has 1 nitrogen and oxygen atoms in total. The predicted molar refractivity (Wildman–Crippen MR) is 227 cm³/mol. The van der Waals surface area contributed by atoms with Crippen molar-refractivity contribution in [2.24, 2.45) is 0 Å². The van der Waals surface area contributed by atoms with Gasteiger partial charge in [-0.25, -0.2) is 0 Å². The quantitative estimate of drug-likeness (QED) is 0.0973. The Balaban J connectivity index is 0.000000672. The molecule has 1 atom stereocenters. The lowest BCUT2D eigenvalue weighted by Gasteiger charge is -2.21. The number of benzene rings is 7. The van der Waals surface area contributed by atoms with E-state index in [4.69, 9.17) is 0 Å². The zero-order chi connectivity index (χ0) is 36.7. The standard InChI is InChI=1S/C46H33N.C6H10/c1-30(2)32-19-21-33(22-20-32)37-11-3-4-12-38(40-14-6-5-13-39(37)40)36-26-31(29-47)25-35(27-36)34-23-24-45-43-17-8-7-15-41(43)42-16-9-10-18-44(42)46(45)28-34;1-3-5-6-4-2/h5-10,12-28,30,37H,4H2,1-2H3;3,5-6H,1,4H2,2H3/b38-12-;6-5-. The largest absolute Gasteiger partial charge is 0.192 e. The molecule has 0 amide bonds. The molecule has 0 heterocycles. The minimum absolute atomic E-state index is 0.0293. The second-order valence-corrected chi connectivity index (χ2v) is 13.8. The molecule has 8 rings (SSSR count). The molecule has 0 spiro atoms. The summed E-state index contributed by atoms with van der Waals surface area (Å²) in [6, 6.07) is 50.4. The van der Waals surface area contributed by atoms with Gasteiger partial charge in [0.05, 0.1) is 17.6 Å². The van der Waals surface area contributed by atoms with Crippen LogP contribution in [0.25, 0.3) is 49.0 Å². The van der Waals surface area contributed by atoms with Crippen LogP contribution in [0.3, 0.4) is 0 Å². The first-order valence-corrected chi connectivity index (χ1v) is 18.5. The van der Waals surface area contributed by atoms with E-state index in [2.05, 4.69) is 179 Å². The van der Waals surface area contributed by atoms with Gasteiger partial charge in [-0.2, -0.15) is 5.26 Å². The fourth-order valence-electron chi connectivity index (χ4n) is 7.44. The van der Waals surface area contributed by atoms with Gasteiger partial charge in [-0.15, -0.1) is 0 Å². The van der Waals surface area contributed by atoms with Crippen molar-refractivity contribution in [2.45, 2.75) is 45.4 Å². The van der Waals surface area contributed by atoms with Gasteiger partial charge in [-0.3, -0.25) is 0 Å². The summed E-state index contributed by atoms with van der Waals surface area (Å²) in [5.41, 5.74) is 9.82. The monoisotopic (exact) mass is 681 g/mol. The zero-order valence-electron chi connectivity index (χ0n) is 30.7. The maximum absolute atomic E-state index is 10.2. The topological polar surface area (TPSA) is 23.8 Å². The number of hydrogen-bond acceptors (Lipinski definition) is 1. The van der Waals surface area contributed by atoms with Gasteiger partial charge in [0.15, 0.2) is 0 Å². The lowest BCUT2D eigenvalue weighted by Crippen LogP contribution is -2.05. The Morgan fingerprint density at radius 1 is 0.717 bits per heavy atom. The number of fused-ring (bicyclic) bond motifs is 7. The molecule has 7 aromatic carbocycles. The molecule has 0 radical (unpaired) electrons. The average Bonchev–Trinajstić information content (AvgIpc) is 3.20. The first-order chi connectivity index (χ1) is 26.0. The van der Waals surface area contributed by atoms with Gasteiger partial charge in [0.25, 0.3) is 0 Å². The summed E-state index contributed by atoms with van der Waals surface area (Å²) >= 11 is 0. The van der Waals surface area contributed by atoms with E-state index in [1.165, 1.54) is 49.0 Å². The molecule has 0 saturated carbocycles. The third kappa shape index (κ3) is 7.21. The van der Waals surface area contributed by atoms with Crippen molar-refractivity contribution >= 4 is 37.9 Å². The number of allylic oxidation sites excluding steroid dienone is 4. The SMILES string of the molecule is C=C/C=C\CC.CC(C)c1ccc(C2C#CC/C=C(/c3cc(C#N)cc(-c4ccc5c6ccccc6c6ccccc6c5c4)c3)c3ccccc32)cc1. The third-order valence-electron chi connectivity index (χ3n) is 10.1. The molecular weight excluding hydrogens is 639 g/mol. The van der Waals surface area contributed by atoms with Crippen molar-refractivity contribution in [1.29, 1.82) is 5.26 Å². The molecule has 1 heteroatoms. The molecule has 256 valence electrons. The van der Waals surface area contributed by atoms with E-state index in [-0.39, 0.29) is 5.92 Å². The number of hydrogen-bond donors (Lipinski definition) is 0. The lowest BCUT2D eigenvalue weighted by molar-refractivity contribution is 0.864. The Labute approximate surface area is 314 Å². The van der Waals surface area contributed by atoms with Crippen LogP contribution in [-0.4, -0.2) is 0 Å². The van der Waals surface area contributed by atoms with E-state index in [1.807, 2.05) is 18.2 Å². The first kappa shape index (κ1) is 35.0. The number of nitriles is 1. The molecule has 1 unspecified atom stereocenters. The van der Waals surface area contributed by atoms with Crippen LogP contribution in [0.4, 0.5) is 0 Å². The fourth-order valence-corrected chi connectivity index (χ4v) is 7.44. The highest BCUT2D eigenvalue weighted by Gasteiger charge is 2.21. The Bertz CT molecular complexity index is 2600. The Morgan fingerprint density at radius 2 is 1.34 bits per heavy atom. The minimum atomic E-state index is -0.0293. The molecule has 0 aromatic heterocycles. The second kappa shape index (κ2) is 15.9. The van der Waals surface area contributed by atoms with Gasteiger partial charge in [0.2, 0.25) is 0 Å². The van der Waals surface area contributed by atoms with E-state index in [0.717, 1.165) is 34.2 Å². The summed E-state index contributed by atoms with van der Waals surface area (Å²) in [4.78, 5) is 0. The molecule has 0 saturated heterocycles. The van der Waals surface area contributed by atoms with E-state index in [9.17, 15) is 5.26 Å². The molecular formula is C52H43N. The number of rotatable bonds is 6. The van der Waals surface area contributed by atoms with Crippen molar-refractivity contribution in [3.05, 3.63) is 198 Å². The molecule has 7 aromatic rings. The summed E-state index contributed by atoms with van der Waals surface area (Å²) in [5, 5.41) is 17.7.